The number of carbonyl (C=O) groups is 2. The largest absolute Gasteiger partial charge is 0.493 e. The first-order valence-electron chi connectivity index (χ1n) is 12.2. The van der Waals surface area contributed by atoms with Crippen LogP contribution in [0.25, 0.3) is 11.0 Å². The van der Waals surface area contributed by atoms with E-state index in [-0.39, 0.29) is 34.6 Å². The summed E-state index contributed by atoms with van der Waals surface area (Å²) in [5.74, 6) is -1.06. The van der Waals surface area contributed by atoms with Gasteiger partial charge in [0.25, 0.3) is 10.0 Å². The lowest BCUT2D eigenvalue weighted by atomic mass is 10.1. The van der Waals surface area contributed by atoms with Crippen LogP contribution in [-0.4, -0.2) is 61.3 Å². The Balaban J connectivity index is 1.72. The van der Waals surface area contributed by atoms with Gasteiger partial charge in [-0.15, -0.1) is 0 Å². The molecule has 0 radical (unpaired) electrons. The molecule has 216 valence electrons. The molecule has 13 nitrogen and oxygen atoms in total. The van der Waals surface area contributed by atoms with Gasteiger partial charge < -0.3 is 24.1 Å². The van der Waals surface area contributed by atoms with Crippen LogP contribution < -0.4 is 14.2 Å². The molecule has 0 aliphatic rings. The minimum atomic E-state index is -4.37. The number of fused-ring (bicyclic) bond motifs is 1. The van der Waals surface area contributed by atoms with Gasteiger partial charge in [0, 0.05) is 12.3 Å². The molecule has 1 atom stereocenters. The number of sulfonamides is 1. The zero-order valence-electron chi connectivity index (χ0n) is 22.7. The van der Waals surface area contributed by atoms with Gasteiger partial charge in [0.2, 0.25) is 5.16 Å². The standard InChI is InChI=1S/C27H28N4O9S/c1-16-12-19-21(13-18(16)25(33)39-4)31(15-40-26(34)23(32)17-8-6-5-7-9-17)27(30-19)41(35,36)29-14-20-24(38-3)22(37-2)10-11-28-20/h5-13,23,29,32H,14-15H2,1-4H3/t23-/m1/s1. The highest BCUT2D eigenvalue weighted by Gasteiger charge is 2.28. The van der Waals surface area contributed by atoms with Crippen molar-refractivity contribution in [3.8, 4) is 11.5 Å². The van der Waals surface area contributed by atoms with E-state index < -0.39 is 40.0 Å². The third-order valence-corrected chi connectivity index (χ3v) is 7.49. The fourth-order valence-electron chi connectivity index (χ4n) is 4.10. The van der Waals surface area contributed by atoms with Crippen LogP contribution in [-0.2, 0) is 37.6 Å². The molecule has 0 aliphatic carbocycles. The summed E-state index contributed by atoms with van der Waals surface area (Å²) in [6, 6.07) is 12.6. The molecule has 2 aromatic carbocycles. The van der Waals surface area contributed by atoms with E-state index in [2.05, 4.69) is 14.7 Å². The topological polar surface area (TPSA) is 168 Å². The average molecular weight is 585 g/mol. The first kappa shape index (κ1) is 29.5. The molecule has 2 aromatic heterocycles. The van der Waals surface area contributed by atoms with E-state index in [0.29, 0.717) is 16.9 Å². The van der Waals surface area contributed by atoms with E-state index in [9.17, 15) is 23.1 Å². The summed E-state index contributed by atoms with van der Waals surface area (Å²) in [7, 11) is -0.314. The minimum absolute atomic E-state index is 0.166. The number of nitrogens with zero attached hydrogens (tertiary/aromatic N) is 3. The second-order valence-electron chi connectivity index (χ2n) is 8.69. The fourth-order valence-corrected chi connectivity index (χ4v) is 5.21. The molecule has 0 saturated heterocycles. The summed E-state index contributed by atoms with van der Waals surface area (Å²) in [5, 5.41) is 9.93. The molecule has 4 rings (SSSR count). The molecular weight excluding hydrogens is 556 g/mol. The molecule has 14 heteroatoms. The molecule has 4 aromatic rings. The van der Waals surface area contributed by atoms with Crippen molar-refractivity contribution in [1.82, 2.24) is 19.3 Å². The van der Waals surface area contributed by atoms with Crippen LogP contribution in [0.4, 0.5) is 0 Å². The summed E-state index contributed by atoms with van der Waals surface area (Å²) >= 11 is 0. The van der Waals surface area contributed by atoms with Gasteiger partial charge in [0.1, 0.15) is 5.69 Å². The van der Waals surface area contributed by atoms with Crippen LogP contribution in [0.5, 0.6) is 11.5 Å². The Kier molecular flexibility index (Phi) is 8.86. The highest BCUT2D eigenvalue weighted by Crippen LogP contribution is 2.30. The normalized spacial score (nSPS) is 12.1. The van der Waals surface area contributed by atoms with E-state index >= 15 is 0 Å². The lowest BCUT2D eigenvalue weighted by Gasteiger charge is -2.15. The van der Waals surface area contributed by atoms with Crippen molar-refractivity contribution in [3.63, 3.8) is 0 Å². The van der Waals surface area contributed by atoms with Gasteiger partial charge in [0.15, 0.2) is 24.3 Å². The zero-order chi connectivity index (χ0) is 29.7. The van der Waals surface area contributed by atoms with Crippen molar-refractivity contribution in [3.05, 3.63) is 77.1 Å². The first-order valence-corrected chi connectivity index (χ1v) is 13.6. The number of methoxy groups -OCH3 is 3. The smallest absolute Gasteiger partial charge is 0.341 e. The van der Waals surface area contributed by atoms with E-state index in [1.165, 1.54) is 39.7 Å². The van der Waals surface area contributed by atoms with Crippen molar-refractivity contribution in [2.45, 2.75) is 31.5 Å². The number of aromatic nitrogens is 3. The summed E-state index contributed by atoms with van der Waals surface area (Å²) in [4.78, 5) is 33.5. The fraction of sp³-hybridized carbons (Fsp3) is 0.259. The third-order valence-electron chi connectivity index (χ3n) is 6.18. The van der Waals surface area contributed by atoms with Crippen molar-refractivity contribution >= 4 is 33.0 Å². The highest BCUT2D eigenvalue weighted by atomic mass is 32.2. The number of hydrogen-bond donors (Lipinski definition) is 2. The first-order chi connectivity index (χ1) is 19.6. The van der Waals surface area contributed by atoms with Crippen molar-refractivity contribution < 1.29 is 42.1 Å². The van der Waals surface area contributed by atoms with Crippen LogP contribution in [0.15, 0.2) is 59.9 Å². The second-order valence-corrected chi connectivity index (χ2v) is 10.4. The predicted molar refractivity (Wildman–Crippen MR) is 145 cm³/mol. The molecule has 0 aliphatic heterocycles. The van der Waals surface area contributed by atoms with E-state index in [4.69, 9.17) is 18.9 Å². The number of rotatable bonds is 11. The van der Waals surface area contributed by atoms with Crippen LogP contribution in [0.3, 0.4) is 0 Å². The molecule has 0 unspecified atom stereocenters. The lowest BCUT2D eigenvalue weighted by Crippen LogP contribution is -2.28. The monoisotopic (exact) mass is 584 g/mol. The Hall–Kier alpha value is -4.53. The minimum Gasteiger partial charge on any atom is -0.493 e. The van der Waals surface area contributed by atoms with Gasteiger partial charge in [-0.3, -0.25) is 9.55 Å². The number of esters is 2. The maximum absolute atomic E-state index is 13.5. The van der Waals surface area contributed by atoms with Gasteiger partial charge in [-0.2, -0.15) is 0 Å². The third kappa shape index (κ3) is 6.14. The molecule has 0 bridgehead atoms. The SMILES string of the molecule is COC(=O)c1cc2c(cc1C)nc(S(=O)(=O)NCc1nccc(OC)c1OC)n2COC(=O)[C@H](O)c1ccccc1. The molecule has 41 heavy (non-hydrogen) atoms. The number of pyridine rings is 1. The highest BCUT2D eigenvalue weighted by molar-refractivity contribution is 7.89. The molecule has 0 spiro atoms. The lowest BCUT2D eigenvalue weighted by molar-refractivity contribution is -0.158. The van der Waals surface area contributed by atoms with Gasteiger partial charge in [-0.1, -0.05) is 30.3 Å². The van der Waals surface area contributed by atoms with Gasteiger partial charge >= 0.3 is 11.9 Å². The van der Waals surface area contributed by atoms with E-state index in [0.717, 1.165) is 4.57 Å². The number of imidazole rings is 1. The second kappa shape index (κ2) is 12.3. The van der Waals surface area contributed by atoms with Crippen molar-refractivity contribution in [1.29, 1.82) is 0 Å². The number of benzene rings is 2. The van der Waals surface area contributed by atoms with Crippen LogP contribution in [0.1, 0.15) is 33.3 Å². The van der Waals surface area contributed by atoms with E-state index in [1.54, 1.807) is 43.3 Å². The molecule has 2 heterocycles. The van der Waals surface area contributed by atoms with Gasteiger partial charge in [0.05, 0.1) is 44.5 Å². The van der Waals surface area contributed by atoms with Crippen LogP contribution in [0, 0.1) is 6.92 Å². The Morgan fingerprint density at radius 2 is 1.80 bits per heavy atom. The number of aliphatic hydroxyl groups excluding tert-OH is 1. The summed E-state index contributed by atoms with van der Waals surface area (Å²) < 4.78 is 51.3. The number of carbonyl (C=O) groups excluding carboxylic acids is 2. The van der Waals surface area contributed by atoms with Crippen LogP contribution >= 0.6 is 0 Å². The van der Waals surface area contributed by atoms with Crippen molar-refractivity contribution in [2.24, 2.45) is 0 Å². The van der Waals surface area contributed by atoms with Crippen molar-refractivity contribution in [2.75, 3.05) is 21.3 Å². The Labute approximate surface area is 235 Å². The Morgan fingerprint density at radius 3 is 2.46 bits per heavy atom. The quantitative estimate of drug-likeness (QED) is 0.248. The number of aliphatic hydroxyl groups is 1. The molecule has 2 N–H and O–H groups in total. The molecular formula is C27H28N4O9S. The Morgan fingerprint density at radius 1 is 1.07 bits per heavy atom. The maximum Gasteiger partial charge on any atom is 0.341 e. The number of aryl methyl sites for hydroxylation is 1. The van der Waals surface area contributed by atoms with Gasteiger partial charge in [-0.25, -0.2) is 27.7 Å². The Bertz CT molecular complexity index is 1690. The number of hydrogen-bond acceptors (Lipinski definition) is 11. The molecule has 0 amide bonds. The average Bonchev–Trinajstić information content (AvgIpc) is 3.35. The number of ether oxygens (including phenoxy) is 4. The molecule has 0 saturated carbocycles. The zero-order valence-corrected chi connectivity index (χ0v) is 23.5. The number of nitrogens with one attached hydrogen (secondary N) is 1. The van der Waals surface area contributed by atoms with Gasteiger partial charge in [-0.05, 0) is 30.2 Å². The predicted octanol–water partition coefficient (Wildman–Crippen LogP) is 2.26. The summed E-state index contributed by atoms with van der Waals surface area (Å²) in [6.45, 7) is 0.721. The summed E-state index contributed by atoms with van der Waals surface area (Å²) in [6.07, 6.45) is -0.168. The van der Waals surface area contributed by atoms with Crippen LogP contribution in [0.2, 0.25) is 0 Å². The summed E-state index contributed by atoms with van der Waals surface area (Å²) in [5.41, 5.74) is 1.60. The molecule has 0 fully saturated rings. The maximum atomic E-state index is 13.5. The van der Waals surface area contributed by atoms with E-state index in [1.807, 2.05) is 0 Å².